The Bertz CT molecular complexity index is 595. The van der Waals surface area contributed by atoms with Crippen LogP contribution in [-0.4, -0.2) is 19.9 Å². The van der Waals surface area contributed by atoms with Gasteiger partial charge in [0, 0.05) is 17.8 Å². The molecule has 2 heterocycles. The van der Waals surface area contributed by atoms with E-state index >= 15 is 0 Å². The first kappa shape index (κ1) is 14.0. The van der Waals surface area contributed by atoms with Gasteiger partial charge in [-0.1, -0.05) is 11.6 Å². The largest absolute Gasteiger partial charge is 0.379 e. The van der Waals surface area contributed by atoms with E-state index in [0.29, 0.717) is 16.3 Å². The van der Waals surface area contributed by atoms with Crippen LogP contribution in [0.3, 0.4) is 0 Å². The van der Waals surface area contributed by atoms with E-state index in [1.807, 2.05) is 13.8 Å². The minimum Gasteiger partial charge on any atom is -0.379 e. The summed E-state index contributed by atoms with van der Waals surface area (Å²) >= 11 is 6.11. The van der Waals surface area contributed by atoms with E-state index in [1.165, 1.54) is 18.5 Å². The van der Waals surface area contributed by atoms with Crippen LogP contribution in [0, 0.1) is 5.82 Å². The summed E-state index contributed by atoms with van der Waals surface area (Å²) < 4.78 is 14.9. The Morgan fingerprint density at radius 3 is 2.63 bits per heavy atom. The third-order valence-electron chi connectivity index (χ3n) is 2.97. The maximum Gasteiger partial charge on any atom is 0.141 e. The van der Waals surface area contributed by atoms with Crippen molar-refractivity contribution in [3.63, 3.8) is 0 Å². The monoisotopic (exact) mass is 283 g/mol. The number of hydrogen-bond acceptors (Lipinski definition) is 3. The minimum atomic E-state index is -1.47. The fourth-order valence-corrected chi connectivity index (χ4v) is 2.32. The number of halogens is 2. The number of nitrogens with zero attached hydrogens (tertiary/aromatic N) is 3. The van der Waals surface area contributed by atoms with Crippen LogP contribution in [-0.2, 0) is 5.60 Å². The second kappa shape index (κ2) is 4.90. The number of hydrogen-bond donors (Lipinski definition) is 1. The van der Waals surface area contributed by atoms with Crippen molar-refractivity contribution in [1.82, 2.24) is 14.8 Å². The number of pyridine rings is 1. The van der Waals surface area contributed by atoms with Crippen molar-refractivity contribution in [2.75, 3.05) is 0 Å². The van der Waals surface area contributed by atoms with Gasteiger partial charge >= 0.3 is 0 Å². The molecule has 19 heavy (non-hydrogen) atoms. The summed E-state index contributed by atoms with van der Waals surface area (Å²) in [5, 5.41) is 15.2. The van der Waals surface area contributed by atoms with Crippen LogP contribution in [0.5, 0.6) is 0 Å². The third kappa shape index (κ3) is 2.48. The molecule has 1 unspecified atom stereocenters. The lowest BCUT2D eigenvalue weighted by Gasteiger charge is -2.26. The predicted octanol–water partition coefficient (Wildman–Crippen LogP) is 2.91. The van der Waals surface area contributed by atoms with Crippen LogP contribution in [0.2, 0.25) is 5.02 Å². The van der Waals surface area contributed by atoms with Crippen molar-refractivity contribution in [3.05, 3.63) is 46.8 Å². The average Bonchev–Trinajstić information content (AvgIpc) is 2.72. The quantitative estimate of drug-likeness (QED) is 0.942. The summed E-state index contributed by atoms with van der Waals surface area (Å²) in [6.45, 7) is 5.39. The molecule has 4 nitrogen and oxygen atoms in total. The highest BCUT2D eigenvalue weighted by atomic mass is 35.5. The SMILES string of the molecule is CC(C)n1ncc(Cl)c1C(C)(O)c1cncc(F)c1. The summed E-state index contributed by atoms with van der Waals surface area (Å²) in [5.41, 5.74) is -0.708. The molecule has 0 aliphatic rings. The Kier molecular flexibility index (Phi) is 3.60. The Morgan fingerprint density at radius 2 is 2.05 bits per heavy atom. The van der Waals surface area contributed by atoms with Crippen LogP contribution >= 0.6 is 11.6 Å². The third-order valence-corrected chi connectivity index (χ3v) is 3.24. The van der Waals surface area contributed by atoms with Crippen molar-refractivity contribution < 1.29 is 9.50 Å². The Balaban J connectivity index is 2.59. The average molecular weight is 284 g/mol. The van der Waals surface area contributed by atoms with Crippen LogP contribution in [0.1, 0.15) is 38.1 Å². The van der Waals surface area contributed by atoms with Crippen molar-refractivity contribution in [1.29, 1.82) is 0 Å². The molecule has 1 atom stereocenters. The Hall–Kier alpha value is -1.46. The molecule has 2 rings (SSSR count). The molecule has 0 aliphatic carbocycles. The van der Waals surface area contributed by atoms with Gasteiger partial charge in [-0.25, -0.2) is 4.39 Å². The molecule has 0 fully saturated rings. The number of rotatable bonds is 3. The van der Waals surface area contributed by atoms with Gasteiger partial charge in [0.1, 0.15) is 11.4 Å². The zero-order valence-electron chi connectivity index (χ0n) is 10.9. The van der Waals surface area contributed by atoms with Gasteiger partial charge in [-0.2, -0.15) is 5.10 Å². The normalized spacial score (nSPS) is 14.7. The first-order valence-corrected chi connectivity index (χ1v) is 6.28. The molecular weight excluding hydrogens is 269 g/mol. The van der Waals surface area contributed by atoms with Crippen LogP contribution in [0.15, 0.2) is 24.7 Å². The maximum atomic E-state index is 13.3. The maximum absolute atomic E-state index is 13.3. The topological polar surface area (TPSA) is 50.9 Å². The molecule has 0 saturated carbocycles. The summed E-state index contributed by atoms with van der Waals surface area (Å²) in [4.78, 5) is 3.76. The first-order chi connectivity index (χ1) is 8.84. The zero-order valence-corrected chi connectivity index (χ0v) is 11.7. The molecule has 1 N–H and O–H groups in total. The first-order valence-electron chi connectivity index (χ1n) is 5.91. The zero-order chi connectivity index (χ0) is 14.2. The second-order valence-corrected chi connectivity index (χ2v) is 5.25. The van der Waals surface area contributed by atoms with Gasteiger partial charge < -0.3 is 5.11 Å². The number of aromatic nitrogens is 3. The fourth-order valence-electron chi connectivity index (χ4n) is 2.00. The Labute approximate surface area is 115 Å². The van der Waals surface area contributed by atoms with E-state index in [4.69, 9.17) is 11.6 Å². The Morgan fingerprint density at radius 1 is 1.37 bits per heavy atom. The lowest BCUT2D eigenvalue weighted by Crippen LogP contribution is -2.28. The van der Waals surface area contributed by atoms with Crippen molar-refractivity contribution >= 4 is 11.6 Å². The molecule has 0 saturated heterocycles. The van der Waals surface area contributed by atoms with Gasteiger partial charge in [-0.05, 0) is 26.8 Å². The van der Waals surface area contributed by atoms with Gasteiger partial charge in [0.15, 0.2) is 0 Å². The molecule has 102 valence electrons. The minimum absolute atomic E-state index is 0.0236. The van der Waals surface area contributed by atoms with Crippen LogP contribution in [0.25, 0.3) is 0 Å². The van der Waals surface area contributed by atoms with E-state index in [1.54, 1.807) is 11.6 Å². The predicted molar refractivity (Wildman–Crippen MR) is 70.5 cm³/mol. The molecule has 0 bridgehead atoms. The molecule has 0 amide bonds. The van der Waals surface area contributed by atoms with E-state index in [-0.39, 0.29) is 6.04 Å². The van der Waals surface area contributed by atoms with E-state index < -0.39 is 11.4 Å². The highest BCUT2D eigenvalue weighted by Crippen LogP contribution is 2.35. The van der Waals surface area contributed by atoms with Crippen LogP contribution in [0.4, 0.5) is 4.39 Å². The summed E-state index contributed by atoms with van der Waals surface area (Å²) in [6, 6.07) is 1.26. The summed E-state index contributed by atoms with van der Waals surface area (Å²) in [7, 11) is 0. The van der Waals surface area contributed by atoms with E-state index in [0.717, 1.165) is 6.20 Å². The molecule has 0 aromatic carbocycles. The summed E-state index contributed by atoms with van der Waals surface area (Å²) in [6.07, 6.45) is 3.97. The molecule has 2 aromatic rings. The molecule has 0 spiro atoms. The lowest BCUT2D eigenvalue weighted by atomic mass is 9.93. The van der Waals surface area contributed by atoms with Gasteiger partial charge in [-0.3, -0.25) is 9.67 Å². The second-order valence-electron chi connectivity index (χ2n) is 4.84. The van der Waals surface area contributed by atoms with Crippen molar-refractivity contribution in [2.45, 2.75) is 32.4 Å². The van der Waals surface area contributed by atoms with E-state index in [2.05, 4.69) is 10.1 Å². The number of aliphatic hydroxyl groups is 1. The molecular formula is C13H15ClFN3O. The van der Waals surface area contributed by atoms with Crippen LogP contribution < -0.4 is 0 Å². The van der Waals surface area contributed by atoms with Gasteiger partial charge in [0.25, 0.3) is 0 Å². The van der Waals surface area contributed by atoms with Crippen molar-refractivity contribution in [2.24, 2.45) is 0 Å². The fraction of sp³-hybridized carbons (Fsp3) is 0.385. The van der Waals surface area contributed by atoms with Gasteiger partial charge in [0.2, 0.25) is 0 Å². The molecule has 0 aliphatic heterocycles. The van der Waals surface area contributed by atoms with Gasteiger partial charge in [0.05, 0.1) is 23.1 Å². The molecule has 0 radical (unpaired) electrons. The molecule has 2 aromatic heterocycles. The summed E-state index contributed by atoms with van der Waals surface area (Å²) in [5.74, 6) is -0.510. The van der Waals surface area contributed by atoms with Gasteiger partial charge in [-0.15, -0.1) is 0 Å². The lowest BCUT2D eigenvalue weighted by molar-refractivity contribution is 0.0893. The smallest absolute Gasteiger partial charge is 0.141 e. The highest BCUT2D eigenvalue weighted by Gasteiger charge is 2.33. The van der Waals surface area contributed by atoms with Crippen molar-refractivity contribution in [3.8, 4) is 0 Å². The molecule has 6 heteroatoms. The van der Waals surface area contributed by atoms with E-state index in [9.17, 15) is 9.50 Å². The highest BCUT2D eigenvalue weighted by molar-refractivity contribution is 6.31. The standard InChI is InChI=1S/C13H15ClFN3O/c1-8(2)18-12(11(14)7-17-18)13(3,19)9-4-10(15)6-16-5-9/h4-8,19H,1-3H3.